The molecule has 0 saturated heterocycles. The predicted octanol–water partition coefficient (Wildman–Crippen LogP) is 4.10. The van der Waals surface area contributed by atoms with E-state index in [0.717, 1.165) is 18.3 Å². The molecule has 3 aliphatic rings. The van der Waals surface area contributed by atoms with Gasteiger partial charge in [0.05, 0.1) is 0 Å². The lowest BCUT2D eigenvalue weighted by Crippen LogP contribution is -2.39. The monoisotopic (exact) mass is 330 g/mol. The normalized spacial score (nSPS) is 34.1. The number of aromatic hydroxyl groups is 1. The van der Waals surface area contributed by atoms with E-state index in [9.17, 15) is 9.90 Å². The van der Waals surface area contributed by atoms with Gasteiger partial charge in [0.1, 0.15) is 0 Å². The maximum absolute atomic E-state index is 10.7. The zero-order chi connectivity index (χ0) is 16.9. The van der Waals surface area contributed by atoms with E-state index >= 15 is 0 Å². The first-order chi connectivity index (χ1) is 11.5. The molecule has 1 aromatic rings. The van der Waals surface area contributed by atoms with Crippen molar-refractivity contribution in [3.8, 4) is 11.5 Å². The Balaban J connectivity index is 1.63. The second kappa shape index (κ2) is 5.68. The molecule has 4 rings (SSSR count). The number of hydrogen-bond acceptors (Lipinski definition) is 3. The number of benzene rings is 1. The molecule has 0 amide bonds. The molecule has 2 N–H and O–H groups in total. The fraction of sp³-hybridized carbons (Fsp3) is 0.650. The molecule has 0 radical (unpaired) electrons. The Morgan fingerprint density at radius 2 is 2.12 bits per heavy atom. The van der Waals surface area contributed by atoms with Crippen LogP contribution < -0.4 is 4.74 Å². The Morgan fingerprint density at radius 1 is 1.29 bits per heavy atom. The van der Waals surface area contributed by atoms with E-state index in [1.54, 1.807) is 0 Å². The number of fused-ring (bicyclic) bond motifs is 5. The number of rotatable bonds is 3. The number of phenolic OH excluding ortho intramolecular Hbond substituents is 1. The zero-order valence-electron chi connectivity index (χ0n) is 14.3. The minimum Gasteiger partial charge on any atom is -0.504 e. The number of ether oxygens (including phenoxy) is 1. The number of carboxylic acid groups (broad SMARTS) is 1. The third-order valence-electron chi connectivity index (χ3n) is 6.94. The topological polar surface area (TPSA) is 66.8 Å². The Hall–Kier alpha value is -1.71. The highest BCUT2D eigenvalue weighted by atomic mass is 16.5. The molecule has 1 aromatic carbocycles. The predicted molar refractivity (Wildman–Crippen MR) is 90.5 cm³/mol. The summed E-state index contributed by atoms with van der Waals surface area (Å²) in [6.45, 7) is 2.07. The van der Waals surface area contributed by atoms with Crippen LogP contribution in [0.3, 0.4) is 0 Å². The Morgan fingerprint density at radius 3 is 2.92 bits per heavy atom. The molecule has 0 bridgehead atoms. The number of carboxylic acids is 1. The van der Waals surface area contributed by atoms with Crippen LogP contribution >= 0.6 is 0 Å². The van der Waals surface area contributed by atoms with E-state index in [2.05, 4.69) is 6.92 Å². The van der Waals surface area contributed by atoms with Crippen molar-refractivity contribution in [2.24, 2.45) is 17.3 Å². The summed E-state index contributed by atoms with van der Waals surface area (Å²) in [7, 11) is 0. The summed E-state index contributed by atoms with van der Waals surface area (Å²) in [5.74, 6) is 1.47. The van der Waals surface area contributed by atoms with Gasteiger partial charge in [-0.2, -0.15) is 0 Å². The number of hydrogen-bond donors (Lipinski definition) is 2. The SMILES string of the molecule is C[C@@]12CCCC1C1CCc3cc(OCC(=O)O)c(O)cc3C1CC2. The minimum absolute atomic E-state index is 0.0791. The van der Waals surface area contributed by atoms with Crippen molar-refractivity contribution in [3.05, 3.63) is 23.3 Å². The fourth-order valence-corrected chi connectivity index (χ4v) is 5.83. The van der Waals surface area contributed by atoms with Crippen LogP contribution in [0.4, 0.5) is 0 Å². The van der Waals surface area contributed by atoms with Crippen LogP contribution in [0.5, 0.6) is 11.5 Å². The van der Waals surface area contributed by atoms with Crippen LogP contribution in [0.1, 0.15) is 62.5 Å². The summed E-state index contributed by atoms with van der Waals surface area (Å²) < 4.78 is 5.24. The summed E-state index contributed by atoms with van der Waals surface area (Å²) in [5.41, 5.74) is 3.04. The molecule has 130 valence electrons. The summed E-state index contributed by atoms with van der Waals surface area (Å²) in [4.78, 5) is 10.7. The van der Waals surface area contributed by atoms with Gasteiger partial charge in [-0.15, -0.1) is 0 Å². The Labute approximate surface area is 142 Å². The number of carbonyl (C=O) groups is 1. The van der Waals surface area contributed by atoms with E-state index in [1.165, 1.54) is 49.7 Å². The van der Waals surface area contributed by atoms with Gasteiger partial charge in [0, 0.05) is 0 Å². The van der Waals surface area contributed by atoms with E-state index in [4.69, 9.17) is 9.84 Å². The third-order valence-corrected chi connectivity index (χ3v) is 6.94. The van der Waals surface area contributed by atoms with Crippen LogP contribution in [0, 0.1) is 17.3 Å². The molecule has 0 aliphatic heterocycles. The highest BCUT2D eigenvalue weighted by Gasteiger charge is 2.50. The highest BCUT2D eigenvalue weighted by Crippen LogP contribution is 2.61. The minimum atomic E-state index is -1.03. The lowest BCUT2D eigenvalue weighted by Gasteiger charge is -2.49. The first-order valence-electron chi connectivity index (χ1n) is 9.18. The summed E-state index contributed by atoms with van der Waals surface area (Å²) in [6, 6.07) is 3.72. The van der Waals surface area contributed by atoms with Gasteiger partial charge in [-0.05, 0) is 85.0 Å². The molecular weight excluding hydrogens is 304 g/mol. The molecule has 4 heteroatoms. The van der Waals surface area contributed by atoms with Gasteiger partial charge in [0.2, 0.25) is 0 Å². The Kier molecular flexibility index (Phi) is 3.74. The molecule has 0 aromatic heterocycles. The molecule has 4 nitrogen and oxygen atoms in total. The van der Waals surface area contributed by atoms with E-state index in [0.29, 0.717) is 17.1 Å². The van der Waals surface area contributed by atoms with Crippen molar-refractivity contribution < 1.29 is 19.7 Å². The van der Waals surface area contributed by atoms with E-state index in [-0.39, 0.29) is 5.75 Å². The van der Waals surface area contributed by atoms with E-state index in [1.807, 2.05) is 12.1 Å². The van der Waals surface area contributed by atoms with Crippen LogP contribution in [0.15, 0.2) is 12.1 Å². The van der Waals surface area contributed by atoms with Crippen molar-refractivity contribution in [1.29, 1.82) is 0 Å². The van der Waals surface area contributed by atoms with Crippen LogP contribution in [0.2, 0.25) is 0 Å². The molecule has 2 saturated carbocycles. The highest BCUT2D eigenvalue weighted by molar-refractivity contribution is 5.68. The van der Waals surface area contributed by atoms with Crippen LogP contribution in [-0.4, -0.2) is 22.8 Å². The number of aliphatic carboxylic acids is 1. The zero-order valence-corrected chi connectivity index (χ0v) is 14.3. The van der Waals surface area contributed by atoms with Crippen molar-refractivity contribution in [1.82, 2.24) is 0 Å². The quantitative estimate of drug-likeness (QED) is 0.875. The van der Waals surface area contributed by atoms with Crippen molar-refractivity contribution in [2.45, 2.75) is 57.8 Å². The van der Waals surface area contributed by atoms with Crippen molar-refractivity contribution in [3.63, 3.8) is 0 Å². The molecule has 3 unspecified atom stereocenters. The largest absolute Gasteiger partial charge is 0.504 e. The van der Waals surface area contributed by atoms with Gasteiger partial charge < -0.3 is 14.9 Å². The summed E-state index contributed by atoms with van der Waals surface area (Å²) >= 11 is 0. The first-order valence-corrected chi connectivity index (χ1v) is 9.18. The lowest BCUT2D eigenvalue weighted by molar-refractivity contribution is -0.139. The molecule has 0 spiro atoms. The van der Waals surface area contributed by atoms with Gasteiger partial charge in [0.25, 0.3) is 0 Å². The molecule has 0 heterocycles. The average molecular weight is 330 g/mol. The summed E-state index contributed by atoms with van der Waals surface area (Å²) in [5, 5.41) is 19.1. The van der Waals surface area contributed by atoms with E-state index < -0.39 is 12.6 Å². The van der Waals surface area contributed by atoms with Gasteiger partial charge in [-0.3, -0.25) is 0 Å². The van der Waals surface area contributed by atoms with Gasteiger partial charge in [-0.1, -0.05) is 13.3 Å². The number of phenols is 1. The first kappa shape index (κ1) is 15.8. The second-order valence-corrected chi connectivity index (χ2v) is 8.20. The molecule has 4 atom stereocenters. The smallest absolute Gasteiger partial charge is 0.341 e. The summed E-state index contributed by atoms with van der Waals surface area (Å²) in [6.07, 6.45) is 8.81. The van der Waals surface area contributed by atoms with Crippen molar-refractivity contribution >= 4 is 5.97 Å². The van der Waals surface area contributed by atoms with Crippen LogP contribution in [-0.2, 0) is 11.2 Å². The standard InChI is InChI=1S/C20H26O4/c1-20-7-2-3-16(20)14-5-4-12-9-18(24-11-19(22)23)17(21)10-15(12)13(14)6-8-20/h9-10,13-14,16,21H,2-8,11H2,1H3,(H,22,23)/t13?,14?,16?,20-/m0/s1. The van der Waals surface area contributed by atoms with Gasteiger partial charge in [0.15, 0.2) is 18.1 Å². The lowest BCUT2D eigenvalue weighted by atomic mass is 9.56. The van der Waals surface area contributed by atoms with Gasteiger partial charge in [-0.25, -0.2) is 4.79 Å². The second-order valence-electron chi connectivity index (χ2n) is 8.20. The molecule has 24 heavy (non-hydrogen) atoms. The molecule has 2 fully saturated rings. The maximum Gasteiger partial charge on any atom is 0.341 e. The average Bonchev–Trinajstić information content (AvgIpc) is 2.94. The van der Waals surface area contributed by atoms with Crippen LogP contribution in [0.25, 0.3) is 0 Å². The third kappa shape index (κ3) is 2.47. The van der Waals surface area contributed by atoms with Crippen molar-refractivity contribution in [2.75, 3.05) is 6.61 Å². The fourth-order valence-electron chi connectivity index (χ4n) is 5.83. The van der Waals surface area contributed by atoms with Gasteiger partial charge >= 0.3 is 5.97 Å². The molecular formula is C20H26O4. The Bertz CT molecular complexity index is 668. The number of aryl methyl sites for hydroxylation is 1. The maximum atomic E-state index is 10.7. The molecule has 3 aliphatic carbocycles.